The highest BCUT2D eigenvalue weighted by atomic mass is 28.4. The van der Waals surface area contributed by atoms with Crippen LogP contribution in [0.1, 0.15) is 64.0 Å². The summed E-state index contributed by atoms with van der Waals surface area (Å²) >= 11 is 0. The Bertz CT molecular complexity index is 1220. The standard InChI is InChI=1S/C33H46N2O3Si/c1-32(2,3)39(5,6)38-21-13-12-16-25-22-26(31(36)37-4)29-33(27-17-10-11-18-28(27)34-29)19-20-35(30(25)33)23-24-14-8-7-9-15-24/h7-11,14-15,17-18,25,30,34H,12-13,16,19-23H2,1-6H3/t25-,30+,33+/m0/s1. The van der Waals surface area contributed by atoms with Gasteiger partial charge in [-0.1, -0.05) is 75.7 Å². The lowest BCUT2D eigenvalue weighted by Gasteiger charge is -2.46. The fraction of sp³-hybridized carbons (Fsp3) is 0.545. The number of rotatable bonds is 9. The minimum atomic E-state index is -1.74. The van der Waals surface area contributed by atoms with E-state index >= 15 is 0 Å². The maximum Gasteiger partial charge on any atom is 0.335 e. The van der Waals surface area contributed by atoms with Gasteiger partial charge in [-0.3, -0.25) is 4.90 Å². The van der Waals surface area contributed by atoms with Crippen molar-refractivity contribution in [2.75, 3.05) is 25.6 Å². The van der Waals surface area contributed by atoms with Crippen molar-refractivity contribution in [3.05, 3.63) is 77.0 Å². The van der Waals surface area contributed by atoms with E-state index < -0.39 is 8.32 Å². The average molecular weight is 547 g/mol. The van der Waals surface area contributed by atoms with Crippen LogP contribution in [-0.4, -0.2) is 45.5 Å². The quantitative estimate of drug-likeness (QED) is 0.204. The molecule has 0 amide bonds. The molecule has 0 radical (unpaired) electrons. The summed E-state index contributed by atoms with van der Waals surface area (Å²) in [7, 11) is -0.230. The number of nitrogens with one attached hydrogen (secondary N) is 1. The minimum Gasteiger partial charge on any atom is -0.466 e. The second-order valence-corrected chi connectivity index (χ2v) is 18.0. The highest BCUT2D eigenvalue weighted by molar-refractivity contribution is 6.74. The number of carbonyl (C=O) groups is 1. The topological polar surface area (TPSA) is 50.8 Å². The van der Waals surface area contributed by atoms with E-state index in [1.165, 1.54) is 18.2 Å². The molecule has 5 nitrogen and oxygen atoms in total. The first-order valence-corrected chi connectivity index (χ1v) is 17.6. The molecule has 1 aliphatic carbocycles. The number of fused-ring (bicyclic) bond motifs is 1. The van der Waals surface area contributed by atoms with E-state index in [9.17, 15) is 4.79 Å². The Morgan fingerprint density at radius 1 is 1.08 bits per heavy atom. The molecule has 6 heteroatoms. The molecule has 0 aromatic heterocycles. The van der Waals surface area contributed by atoms with E-state index in [0.29, 0.717) is 12.0 Å². The van der Waals surface area contributed by atoms with E-state index in [1.807, 2.05) is 0 Å². The number of nitrogens with zero attached hydrogens (tertiary/aromatic N) is 1. The first-order valence-electron chi connectivity index (χ1n) is 14.7. The summed E-state index contributed by atoms with van der Waals surface area (Å²) < 4.78 is 11.9. The van der Waals surface area contributed by atoms with Crippen LogP contribution in [0.4, 0.5) is 5.69 Å². The summed E-state index contributed by atoms with van der Waals surface area (Å²) in [6.07, 6.45) is 5.00. The molecule has 0 saturated carbocycles. The van der Waals surface area contributed by atoms with Crippen LogP contribution in [0.5, 0.6) is 0 Å². The van der Waals surface area contributed by atoms with Gasteiger partial charge in [-0.05, 0) is 66.9 Å². The minimum absolute atomic E-state index is 0.184. The summed E-state index contributed by atoms with van der Waals surface area (Å²) in [6, 6.07) is 19.8. The van der Waals surface area contributed by atoms with Crippen LogP contribution in [0, 0.1) is 5.92 Å². The first kappa shape index (κ1) is 28.1. The monoisotopic (exact) mass is 546 g/mol. The molecule has 5 rings (SSSR count). The third kappa shape index (κ3) is 5.12. The third-order valence-corrected chi connectivity index (χ3v) is 14.5. The number of benzene rings is 2. The molecule has 0 bridgehead atoms. The van der Waals surface area contributed by atoms with Crippen LogP contribution in [0.15, 0.2) is 65.9 Å². The van der Waals surface area contributed by atoms with Crippen LogP contribution >= 0.6 is 0 Å². The number of esters is 1. The zero-order valence-corrected chi connectivity index (χ0v) is 25.7. The number of unbranched alkanes of at least 4 members (excludes halogenated alkanes) is 1. The van der Waals surface area contributed by atoms with Gasteiger partial charge in [0.15, 0.2) is 8.32 Å². The Balaban J connectivity index is 1.44. The van der Waals surface area contributed by atoms with E-state index in [2.05, 4.69) is 98.7 Å². The Hall–Kier alpha value is -2.41. The van der Waals surface area contributed by atoms with E-state index in [4.69, 9.17) is 9.16 Å². The predicted molar refractivity (Wildman–Crippen MR) is 161 cm³/mol. The number of carbonyl (C=O) groups excluding carboxylic acids is 1. The lowest BCUT2D eigenvalue weighted by molar-refractivity contribution is -0.136. The van der Waals surface area contributed by atoms with Crippen molar-refractivity contribution in [3.63, 3.8) is 0 Å². The Labute approximate surface area is 236 Å². The van der Waals surface area contributed by atoms with Gasteiger partial charge in [0, 0.05) is 37.1 Å². The molecule has 1 fully saturated rings. The van der Waals surface area contributed by atoms with Gasteiger partial charge < -0.3 is 14.5 Å². The average Bonchev–Trinajstić information content (AvgIpc) is 3.45. The molecule has 2 heterocycles. The number of methoxy groups -OCH3 is 1. The van der Waals surface area contributed by atoms with Crippen molar-refractivity contribution >= 4 is 20.0 Å². The predicted octanol–water partition coefficient (Wildman–Crippen LogP) is 7.26. The lowest BCUT2D eigenvalue weighted by atomic mass is 9.62. The van der Waals surface area contributed by atoms with E-state index in [0.717, 1.165) is 68.8 Å². The van der Waals surface area contributed by atoms with E-state index in [-0.39, 0.29) is 16.4 Å². The van der Waals surface area contributed by atoms with Crippen LogP contribution < -0.4 is 5.32 Å². The zero-order chi connectivity index (χ0) is 27.8. The van der Waals surface area contributed by atoms with Crippen molar-refractivity contribution < 1.29 is 14.0 Å². The van der Waals surface area contributed by atoms with Gasteiger partial charge in [-0.2, -0.15) is 0 Å². The Kier molecular flexibility index (Phi) is 7.84. The summed E-state index contributed by atoms with van der Waals surface area (Å²) in [4.78, 5) is 15.9. The molecule has 2 aromatic carbocycles. The lowest BCUT2D eigenvalue weighted by Crippen LogP contribution is -2.51. The molecule has 1 spiro atoms. The zero-order valence-electron chi connectivity index (χ0n) is 24.7. The molecule has 3 atom stereocenters. The van der Waals surface area contributed by atoms with Crippen molar-refractivity contribution in [1.29, 1.82) is 0 Å². The maximum absolute atomic E-state index is 13.2. The summed E-state index contributed by atoms with van der Waals surface area (Å²) in [6.45, 7) is 14.3. The Morgan fingerprint density at radius 2 is 1.79 bits per heavy atom. The molecule has 1 N–H and O–H groups in total. The largest absolute Gasteiger partial charge is 0.466 e. The third-order valence-electron chi connectivity index (χ3n) is 9.92. The van der Waals surface area contributed by atoms with Crippen LogP contribution in [0.3, 0.4) is 0 Å². The van der Waals surface area contributed by atoms with Crippen LogP contribution in [0.25, 0.3) is 0 Å². The highest BCUT2D eigenvalue weighted by Gasteiger charge is 2.60. The van der Waals surface area contributed by atoms with Gasteiger partial charge >= 0.3 is 5.97 Å². The van der Waals surface area contributed by atoms with Gasteiger partial charge in [0.2, 0.25) is 0 Å². The van der Waals surface area contributed by atoms with Gasteiger partial charge in [0.1, 0.15) is 0 Å². The van der Waals surface area contributed by atoms with Crippen LogP contribution in [0.2, 0.25) is 18.1 Å². The van der Waals surface area contributed by atoms with Crippen LogP contribution in [-0.2, 0) is 25.9 Å². The Morgan fingerprint density at radius 3 is 2.51 bits per heavy atom. The van der Waals surface area contributed by atoms with Crippen molar-refractivity contribution in [3.8, 4) is 0 Å². The fourth-order valence-electron chi connectivity index (χ4n) is 6.98. The number of anilines is 1. The highest BCUT2D eigenvalue weighted by Crippen LogP contribution is 2.59. The maximum atomic E-state index is 13.2. The number of likely N-dealkylation sites (tertiary alicyclic amines) is 1. The molecule has 0 unspecified atom stereocenters. The van der Waals surface area contributed by atoms with Gasteiger partial charge in [-0.15, -0.1) is 0 Å². The number of ether oxygens (including phenoxy) is 1. The molecular formula is C33H46N2O3Si. The van der Waals surface area contributed by atoms with Crippen molar-refractivity contribution in [2.24, 2.45) is 5.92 Å². The summed E-state index contributed by atoms with van der Waals surface area (Å²) in [5.74, 6) is 0.186. The smallest absolute Gasteiger partial charge is 0.335 e. The normalized spacial score (nSPS) is 24.7. The number of para-hydroxylation sites is 1. The summed E-state index contributed by atoms with van der Waals surface area (Å²) in [5.41, 5.74) is 5.56. The molecule has 210 valence electrons. The molecule has 3 aliphatic rings. The molecular weight excluding hydrogens is 500 g/mol. The number of hydrogen-bond acceptors (Lipinski definition) is 5. The second-order valence-electron chi connectivity index (χ2n) is 13.2. The SMILES string of the molecule is COC(=O)C1=C2Nc3ccccc3[C@]23CCN(Cc2ccccc2)[C@@H]3[C@@H](CCCCO[Si](C)(C)C(C)(C)C)C1. The van der Waals surface area contributed by atoms with Crippen molar-refractivity contribution in [1.82, 2.24) is 4.90 Å². The van der Waals surface area contributed by atoms with Gasteiger partial charge in [-0.25, -0.2) is 4.79 Å². The fourth-order valence-corrected chi connectivity index (χ4v) is 8.07. The van der Waals surface area contributed by atoms with Gasteiger partial charge in [0.05, 0.1) is 18.1 Å². The molecule has 2 aromatic rings. The van der Waals surface area contributed by atoms with E-state index in [1.54, 1.807) is 0 Å². The second kappa shape index (κ2) is 10.9. The number of hydrogen-bond donors (Lipinski definition) is 1. The van der Waals surface area contributed by atoms with Gasteiger partial charge in [0.25, 0.3) is 0 Å². The summed E-state index contributed by atoms with van der Waals surface area (Å²) in [5, 5.41) is 3.94. The van der Waals surface area contributed by atoms with Crippen molar-refractivity contribution in [2.45, 2.75) is 89.0 Å². The molecule has 39 heavy (non-hydrogen) atoms. The molecule has 2 aliphatic heterocycles. The first-order chi connectivity index (χ1) is 18.6. The molecule has 1 saturated heterocycles.